The van der Waals surface area contributed by atoms with Crippen molar-refractivity contribution in [3.63, 3.8) is 0 Å². The lowest BCUT2D eigenvalue weighted by Crippen LogP contribution is -2.63. The molecule has 0 radical (unpaired) electrons. The summed E-state index contributed by atoms with van der Waals surface area (Å²) >= 11 is 0. The Hall–Kier alpha value is -2.84. The number of ether oxygens (including phenoxy) is 2. The SMILES string of the molecule is CCOC(=O)N1[C@H]2C[C@@H]([C@@H]3[C@H]2N=NN3c2ccccc2)N1C(=O)OCC. The number of hydrazine groups is 1. The largest absolute Gasteiger partial charge is 0.448 e. The minimum atomic E-state index is -0.556. The zero-order valence-electron chi connectivity index (χ0n) is 14.7. The molecule has 1 aromatic rings. The molecule has 0 spiro atoms. The molecule has 138 valence electrons. The molecule has 2 heterocycles. The number of hydrogen-bond donors (Lipinski definition) is 0. The molecule has 3 aliphatic rings. The lowest BCUT2D eigenvalue weighted by molar-refractivity contribution is -0.0456. The van der Waals surface area contributed by atoms with Gasteiger partial charge in [-0.25, -0.2) is 24.6 Å². The first-order chi connectivity index (χ1) is 12.7. The van der Waals surface area contributed by atoms with Gasteiger partial charge in [0.25, 0.3) is 0 Å². The topological polar surface area (TPSA) is 87.0 Å². The molecule has 9 heteroatoms. The monoisotopic (exact) mass is 359 g/mol. The summed E-state index contributed by atoms with van der Waals surface area (Å²) in [6, 6.07) is 8.83. The minimum absolute atomic E-state index is 0.127. The number of para-hydroxylation sites is 1. The van der Waals surface area contributed by atoms with Gasteiger partial charge in [-0.3, -0.25) is 0 Å². The molecule has 2 bridgehead atoms. The van der Waals surface area contributed by atoms with Crippen LogP contribution in [0.2, 0.25) is 0 Å². The molecule has 1 saturated carbocycles. The van der Waals surface area contributed by atoms with E-state index in [9.17, 15) is 9.59 Å². The van der Waals surface area contributed by atoms with Gasteiger partial charge in [0.05, 0.1) is 31.0 Å². The molecule has 4 rings (SSSR count). The molecule has 4 atom stereocenters. The first-order valence-electron chi connectivity index (χ1n) is 8.84. The Morgan fingerprint density at radius 1 is 1.04 bits per heavy atom. The van der Waals surface area contributed by atoms with E-state index in [1.54, 1.807) is 13.8 Å². The van der Waals surface area contributed by atoms with Crippen molar-refractivity contribution in [3.8, 4) is 0 Å². The first kappa shape index (κ1) is 16.6. The summed E-state index contributed by atoms with van der Waals surface area (Å²) in [5.41, 5.74) is 0.905. The molecule has 0 aromatic heterocycles. The van der Waals surface area contributed by atoms with Crippen LogP contribution in [0, 0.1) is 0 Å². The molecule has 2 amide bonds. The average molecular weight is 359 g/mol. The fourth-order valence-corrected chi connectivity index (χ4v) is 4.05. The van der Waals surface area contributed by atoms with Crippen LogP contribution in [-0.2, 0) is 9.47 Å². The number of benzene rings is 1. The van der Waals surface area contributed by atoms with Gasteiger partial charge in [-0.15, -0.1) is 0 Å². The fourth-order valence-electron chi connectivity index (χ4n) is 4.05. The van der Waals surface area contributed by atoms with Gasteiger partial charge >= 0.3 is 12.2 Å². The van der Waals surface area contributed by atoms with E-state index in [4.69, 9.17) is 9.47 Å². The third kappa shape index (κ3) is 2.38. The first-order valence-corrected chi connectivity index (χ1v) is 8.84. The Labute approximate surface area is 151 Å². The van der Waals surface area contributed by atoms with Gasteiger partial charge in [-0.2, -0.15) is 5.11 Å². The van der Waals surface area contributed by atoms with E-state index in [2.05, 4.69) is 10.3 Å². The summed E-state index contributed by atoms with van der Waals surface area (Å²) in [5, 5.41) is 13.3. The van der Waals surface area contributed by atoms with Crippen LogP contribution < -0.4 is 5.01 Å². The van der Waals surface area contributed by atoms with Crippen LogP contribution in [0.3, 0.4) is 0 Å². The summed E-state index contributed by atoms with van der Waals surface area (Å²) in [7, 11) is 0. The Bertz CT molecular complexity index is 727. The molecule has 26 heavy (non-hydrogen) atoms. The van der Waals surface area contributed by atoms with Crippen LogP contribution in [0.5, 0.6) is 0 Å². The minimum Gasteiger partial charge on any atom is -0.448 e. The van der Waals surface area contributed by atoms with Crippen molar-refractivity contribution >= 4 is 17.9 Å². The predicted octanol–water partition coefficient (Wildman–Crippen LogP) is 2.60. The molecule has 0 unspecified atom stereocenters. The summed E-state index contributed by atoms with van der Waals surface area (Å²) in [6.45, 7) is 3.93. The maximum absolute atomic E-state index is 12.6. The third-order valence-electron chi connectivity index (χ3n) is 4.98. The fraction of sp³-hybridized carbons (Fsp3) is 0.529. The molecule has 9 nitrogen and oxygen atoms in total. The van der Waals surface area contributed by atoms with E-state index in [0.717, 1.165) is 5.69 Å². The molecule has 1 aliphatic carbocycles. The summed E-state index contributed by atoms with van der Waals surface area (Å²) in [6.07, 6.45) is -0.485. The van der Waals surface area contributed by atoms with E-state index in [0.29, 0.717) is 6.42 Å². The van der Waals surface area contributed by atoms with Crippen LogP contribution in [0.1, 0.15) is 20.3 Å². The lowest BCUT2D eigenvalue weighted by Gasteiger charge is -2.41. The molecular weight excluding hydrogens is 338 g/mol. The number of hydrogen-bond acceptors (Lipinski definition) is 7. The lowest BCUT2D eigenvalue weighted by atomic mass is 10.1. The maximum Gasteiger partial charge on any atom is 0.429 e. The number of anilines is 1. The van der Waals surface area contributed by atoms with Gasteiger partial charge in [0.2, 0.25) is 0 Å². The molecule has 1 saturated heterocycles. The Kier molecular flexibility index (Phi) is 4.14. The normalized spacial score (nSPS) is 28.5. The molecular formula is C17H21N5O4. The summed E-state index contributed by atoms with van der Waals surface area (Å²) < 4.78 is 10.3. The van der Waals surface area contributed by atoms with Gasteiger partial charge in [0.15, 0.2) is 0 Å². The smallest absolute Gasteiger partial charge is 0.429 e. The van der Waals surface area contributed by atoms with Crippen LogP contribution in [0.4, 0.5) is 15.3 Å². The van der Waals surface area contributed by atoms with Crippen molar-refractivity contribution in [2.75, 3.05) is 18.2 Å². The number of amides is 2. The molecule has 2 aliphatic heterocycles. The standard InChI is InChI=1S/C17H21N5O4/c1-3-25-16(23)21-12-10-13(22(21)17(24)26-4-2)15-14(12)18-19-20(15)11-8-6-5-7-9-11/h5-9,12-15H,3-4,10H2,1-2H3/t12-,13-,14-,15+/m0/s1. The Balaban J connectivity index is 1.66. The summed E-state index contributed by atoms with van der Waals surface area (Å²) in [5.74, 6) is 0. The number of fused-ring (bicyclic) bond motifs is 5. The zero-order valence-corrected chi connectivity index (χ0v) is 14.7. The van der Waals surface area contributed by atoms with E-state index in [1.165, 1.54) is 10.0 Å². The highest BCUT2D eigenvalue weighted by Gasteiger charge is 2.64. The number of rotatable bonds is 3. The van der Waals surface area contributed by atoms with E-state index < -0.39 is 12.2 Å². The van der Waals surface area contributed by atoms with Crippen molar-refractivity contribution in [1.29, 1.82) is 0 Å². The Morgan fingerprint density at radius 2 is 1.65 bits per heavy atom. The Morgan fingerprint density at radius 3 is 2.27 bits per heavy atom. The number of carbonyl (C=O) groups excluding carboxylic acids is 2. The van der Waals surface area contributed by atoms with Crippen molar-refractivity contribution in [2.24, 2.45) is 10.3 Å². The predicted molar refractivity (Wildman–Crippen MR) is 91.3 cm³/mol. The second kappa shape index (κ2) is 6.47. The third-order valence-corrected chi connectivity index (χ3v) is 4.98. The average Bonchev–Trinajstić information content (AvgIpc) is 3.33. The van der Waals surface area contributed by atoms with Crippen LogP contribution in [0.25, 0.3) is 0 Å². The number of nitrogens with zero attached hydrogens (tertiary/aromatic N) is 5. The second-order valence-electron chi connectivity index (χ2n) is 6.32. The highest BCUT2D eigenvalue weighted by molar-refractivity contribution is 5.77. The van der Waals surface area contributed by atoms with Gasteiger partial charge in [0.1, 0.15) is 12.1 Å². The molecule has 1 aromatic carbocycles. The maximum atomic E-state index is 12.6. The summed E-state index contributed by atoms with van der Waals surface area (Å²) in [4.78, 5) is 25.0. The van der Waals surface area contributed by atoms with Gasteiger partial charge in [-0.05, 0) is 32.4 Å². The van der Waals surface area contributed by atoms with Crippen molar-refractivity contribution in [2.45, 2.75) is 44.4 Å². The van der Waals surface area contributed by atoms with Crippen LogP contribution in [-0.4, -0.2) is 59.6 Å². The van der Waals surface area contributed by atoms with E-state index in [-0.39, 0.29) is 37.4 Å². The molecule has 2 fully saturated rings. The van der Waals surface area contributed by atoms with E-state index in [1.807, 2.05) is 35.3 Å². The molecule has 0 N–H and O–H groups in total. The van der Waals surface area contributed by atoms with Crippen molar-refractivity contribution < 1.29 is 19.1 Å². The highest BCUT2D eigenvalue weighted by Crippen LogP contribution is 2.46. The second-order valence-corrected chi connectivity index (χ2v) is 6.32. The van der Waals surface area contributed by atoms with Gasteiger partial charge in [0, 0.05) is 0 Å². The van der Waals surface area contributed by atoms with Crippen LogP contribution in [0.15, 0.2) is 40.7 Å². The quantitative estimate of drug-likeness (QED) is 0.828. The van der Waals surface area contributed by atoms with E-state index >= 15 is 0 Å². The highest BCUT2D eigenvalue weighted by atomic mass is 16.6. The van der Waals surface area contributed by atoms with Gasteiger partial charge in [-0.1, -0.05) is 23.4 Å². The van der Waals surface area contributed by atoms with Gasteiger partial charge < -0.3 is 9.47 Å². The van der Waals surface area contributed by atoms with Crippen LogP contribution >= 0.6 is 0 Å². The van der Waals surface area contributed by atoms with Crippen molar-refractivity contribution in [3.05, 3.63) is 30.3 Å². The van der Waals surface area contributed by atoms with Crippen molar-refractivity contribution in [1.82, 2.24) is 10.0 Å². The number of carbonyl (C=O) groups is 2. The zero-order chi connectivity index (χ0) is 18.3.